The predicted octanol–water partition coefficient (Wildman–Crippen LogP) is 3.29. The fourth-order valence-corrected chi connectivity index (χ4v) is 2.40. The quantitative estimate of drug-likeness (QED) is 0.669. The molecular weight excluding hydrogens is 226 g/mol. The SMILES string of the molecule is C#CC1CC(CC)N(C(=O)OC(C)(C)C)CC1C. The molecule has 18 heavy (non-hydrogen) atoms. The first-order valence-corrected chi connectivity index (χ1v) is 6.74. The van der Waals surface area contributed by atoms with Crippen LogP contribution >= 0.6 is 0 Å². The van der Waals surface area contributed by atoms with Crippen molar-refractivity contribution in [1.82, 2.24) is 4.90 Å². The molecule has 0 aromatic rings. The van der Waals surface area contributed by atoms with Crippen molar-refractivity contribution in [2.75, 3.05) is 6.54 Å². The van der Waals surface area contributed by atoms with Gasteiger partial charge in [0.15, 0.2) is 0 Å². The van der Waals surface area contributed by atoms with Crippen LogP contribution in [0.5, 0.6) is 0 Å². The third-order valence-corrected chi connectivity index (χ3v) is 3.45. The van der Waals surface area contributed by atoms with E-state index in [0.717, 1.165) is 12.8 Å². The maximum atomic E-state index is 12.2. The number of carbonyl (C=O) groups is 1. The van der Waals surface area contributed by atoms with Gasteiger partial charge < -0.3 is 9.64 Å². The molecule has 3 atom stereocenters. The molecule has 1 aliphatic rings. The van der Waals surface area contributed by atoms with E-state index in [1.807, 2.05) is 25.7 Å². The normalized spacial score (nSPS) is 28.7. The van der Waals surface area contributed by atoms with Gasteiger partial charge in [0.1, 0.15) is 5.60 Å². The maximum absolute atomic E-state index is 12.2. The molecule has 1 rings (SSSR count). The molecule has 0 saturated carbocycles. The second-order valence-electron chi connectivity index (χ2n) is 6.18. The van der Waals surface area contributed by atoms with Crippen molar-refractivity contribution in [2.45, 2.75) is 59.1 Å². The Labute approximate surface area is 111 Å². The lowest BCUT2D eigenvalue weighted by Crippen LogP contribution is -2.50. The maximum Gasteiger partial charge on any atom is 0.410 e. The molecule has 0 aromatic heterocycles. The standard InChI is InChI=1S/C15H25NO2/c1-7-12-9-13(8-2)16(10-11(12)3)14(17)18-15(4,5)6/h1,11-13H,8-10H2,2-6H3. The molecule has 0 spiro atoms. The zero-order chi connectivity index (χ0) is 13.9. The van der Waals surface area contributed by atoms with Crippen LogP contribution < -0.4 is 0 Å². The lowest BCUT2D eigenvalue weighted by molar-refractivity contribution is -0.00102. The van der Waals surface area contributed by atoms with Crippen molar-refractivity contribution in [3.05, 3.63) is 0 Å². The fourth-order valence-electron chi connectivity index (χ4n) is 2.40. The highest BCUT2D eigenvalue weighted by molar-refractivity contribution is 5.68. The number of terminal acetylenes is 1. The van der Waals surface area contributed by atoms with E-state index in [2.05, 4.69) is 19.8 Å². The van der Waals surface area contributed by atoms with Crippen molar-refractivity contribution in [3.63, 3.8) is 0 Å². The van der Waals surface area contributed by atoms with Crippen molar-refractivity contribution in [1.29, 1.82) is 0 Å². The molecule has 1 fully saturated rings. The van der Waals surface area contributed by atoms with E-state index < -0.39 is 5.60 Å². The largest absolute Gasteiger partial charge is 0.444 e. The molecule has 3 heteroatoms. The molecule has 1 aliphatic heterocycles. The van der Waals surface area contributed by atoms with E-state index >= 15 is 0 Å². The molecule has 3 unspecified atom stereocenters. The van der Waals surface area contributed by atoms with Crippen LogP contribution in [-0.4, -0.2) is 29.2 Å². The Morgan fingerprint density at radius 1 is 1.50 bits per heavy atom. The summed E-state index contributed by atoms with van der Waals surface area (Å²) in [4.78, 5) is 14.0. The van der Waals surface area contributed by atoms with Crippen molar-refractivity contribution in [3.8, 4) is 12.3 Å². The number of ether oxygens (including phenoxy) is 1. The summed E-state index contributed by atoms with van der Waals surface area (Å²) < 4.78 is 5.46. The van der Waals surface area contributed by atoms with Crippen LogP contribution in [0.1, 0.15) is 47.5 Å². The summed E-state index contributed by atoms with van der Waals surface area (Å²) in [5.74, 6) is 3.46. The molecule has 0 aromatic carbocycles. The van der Waals surface area contributed by atoms with E-state index in [9.17, 15) is 4.79 Å². The van der Waals surface area contributed by atoms with Crippen LogP contribution in [0.3, 0.4) is 0 Å². The lowest BCUT2D eigenvalue weighted by Gasteiger charge is -2.41. The average Bonchev–Trinajstić information content (AvgIpc) is 2.26. The Kier molecular flexibility index (Phi) is 4.67. The molecule has 0 aliphatic carbocycles. The Hall–Kier alpha value is -1.17. The van der Waals surface area contributed by atoms with Crippen LogP contribution in [-0.2, 0) is 4.74 Å². The molecule has 0 radical (unpaired) electrons. The lowest BCUT2D eigenvalue weighted by atomic mass is 9.83. The highest BCUT2D eigenvalue weighted by atomic mass is 16.6. The number of carbonyl (C=O) groups excluding carboxylic acids is 1. The van der Waals surface area contributed by atoms with Gasteiger partial charge in [0, 0.05) is 18.5 Å². The smallest absolute Gasteiger partial charge is 0.410 e. The number of nitrogens with zero attached hydrogens (tertiary/aromatic N) is 1. The first-order valence-electron chi connectivity index (χ1n) is 6.74. The number of rotatable bonds is 1. The summed E-state index contributed by atoms with van der Waals surface area (Å²) >= 11 is 0. The summed E-state index contributed by atoms with van der Waals surface area (Å²) in [6.45, 7) is 10.6. The van der Waals surface area contributed by atoms with Gasteiger partial charge in [-0.25, -0.2) is 4.79 Å². The van der Waals surface area contributed by atoms with Gasteiger partial charge in [-0.3, -0.25) is 0 Å². The van der Waals surface area contributed by atoms with Gasteiger partial charge in [-0.1, -0.05) is 13.8 Å². The Bertz CT molecular complexity index is 337. The van der Waals surface area contributed by atoms with Crippen LogP contribution in [0.2, 0.25) is 0 Å². The van der Waals surface area contributed by atoms with Gasteiger partial charge in [0.25, 0.3) is 0 Å². The van der Waals surface area contributed by atoms with Gasteiger partial charge in [-0.15, -0.1) is 12.3 Å². The first-order chi connectivity index (χ1) is 8.28. The average molecular weight is 251 g/mol. The molecule has 0 N–H and O–H groups in total. The highest BCUT2D eigenvalue weighted by Gasteiger charge is 2.36. The zero-order valence-electron chi connectivity index (χ0n) is 12.2. The topological polar surface area (TPSA) is 29.5 Å². The van der Waals surface area contributed by atoms with E-state index in [0.29, 0.717) is 12.5 Å². The molecule has 1 heterocycles. The summed E-state index contributed by atoms with van der Waals surface area (Å²) in [7, 11) is 0. The minimum absolute atomic E-state index is 0.206. The van der Waals surface area contributed by atoms with Crippen LogP contribution in [0.25, 0.3) is 0 Å². The van der Waals surface area contributed by atoms with Gasteiger partial charge >= 0.3 is 6.09 Å². The van der Waals surface area contributed by atoms with E-state index in [1.165, 1.54) is 0 Å². The molecule has 102 valence electrons. The Morgan fingerprint density at radius 2 is 2.11 bits per heavy atom. The molecule has 0 bridgehead atoms. The van der Waals surface area contributed by atoms with Gasteiger partial charge in [-0.2, -0.15) is 0 Å². The Balaban J connectivity index is 2.75. The molecular formula is C15H25NO2. The summed E-state index contributed by atoms with van der Waals surface area (Å²) in [6, 6.07) is 0.206. The number of piperidine rings is 1. The van der Waals surface area contributed by atoms with Crippen molar-refractivity contribution in [2.24, 2.45) is 11.8 Å². The molecule has 1 saturated heterocycles. The third kappa shape index (κ3) is 3.66. The molecule has 1 amide bonds. The minimum Gasteiger partial charge on any atom is -0.444 e. The predicted molar refractivity (Wildman–Crippen MR) is 73.1 cm³/mol. The summed E-state index contributed by atoms with van der Waals surface area (Å²) in [5.41, 5.74) is -0.443. The number of amides is 1. The van der Waals surface area contributed by atoms with Crippen LogP contribution in [0.4, 0.5) is 4.79 Å². The highest BCUT2D eigenvalue weighted by Crippen LogP contribution is 2.30. The molecule has 3 nitrogen and oxygen atoms in total. The fraction of sp³-hybridized carbons (Fsp3) is 0.800. The van der Waals surface area contributed by atoms with Gasteiger partial charge in [0.05, 0.1) is 0 Å². The van der Waals surface area contributed by atoms with E-state index in [-0.39, 0.29) is 18.1 Å². The number of hydrogen-bond donors (Lipinski definition) is 0. The van der Waals surface area contributed by atoms with Crippen molar-refractivity contribution >= 4 is 6.09 Å². The van der Waals surface area contributed by atoms with E-state index in [4.69, 9.17) is 11.2 Å². The zero-order valence-corrected chi connectivity index (χ0v) is 12.2. The van der Waals surface area contributed by atoms with Gasteiger partial charge in [-0.05, 0) is 39.5 Å². The Morgan fingerprint density at radius 3 is 2.56 bits per heavy atom. The minimum atomic E-state index is -0.443. The van der Waals surface area contributed by atoms with Crippen molar-refractivity contribution < 1.29 is 9.53 Å². The second kappa shape index (κ2) is 5.65. The summed E-state index contributed by atoms with van der Waals surface area (Å²) in [5, 5.41) is 0. The van der Waals surface area contributed by atoms with Gasteiger partial charge in [0.2, 0.25) is 0 Å². The van der Waals surface area contributed by atoms with Crippen LogP contribution in [0, 0.1) is 24.2 Å². The third-order valence-electron chi connectivity index (χ3n) is 3.45. The van der Waals surface area contributed by atoms with Crippen LogP contribution in [0.15, 0.2) is 0 Å². The number of hydrogen-bond acceptors (Lipinski definition) is 2. The number of likely N-dealkylation sites (tertiary alicyclic amines) is 1. The van der Waals surface area contributed by atoms with E-state index in [1.54, 1.807) is 0 Å². The first kappa shape index (κ1) is 14.9. The second-order valence-corrected chi connectivity index (χ2v) is 6.18. The monoisotopic (exact) mass is 251 g/mol. The summed E-state index contributed by atoms with van der Waals surface area (Å²) in [6.07, 6.45) is 7.14.